The Labute approximate surface area is 146 Å². The van der Waals surface area contributed by atoms with Crippen molar-refractivity contribution in [1.29, 1.82) is 0 Å². The lowest BCUT2D eigenvalue weighted by atomic mass is 9.95. The van der Waals surface area contributed by atoms with E-state index in [0.717, 1.165) is 43.4 Å². The third kappa shape index (κ3) is 3.71. The van der Waals surface area contributed by atoms with Gasteiger partial charge in [-0.2, -0.15) is 0 Å². The monoisotopic (exact) mass is 333 g/mol. The summed E-state index contributed by atoms with van der Waals surface area (Å²) in [5.74, 6) is 2.57. The third-order valence-electron chi connectivity index (χ3n) is 4.25. The standard InChI is InChI=1S/C18H19N7/c1-2-7-20-16(6-1)24-17-12-19-11-15(23-17)14-5-3-10-25(13-14)18-21-8-4-9-22-18/h1-2,4,6-9,11-12,14H,3,5,10,13H2,(H,20,23,24)/t14-/m1/s1. The number of piperidine rings is 1. The molecule has 0 aromatic carbocycles. The Balaban J connectivity index is 1.50. The van der Waals surface area contributed by atoms with E-state index in [4.69, 9.17) is 4.98 Å². The van der Waals surface area contributed by atoms with Crippen LogP contribution < -0.4 is 10.2 Å². The molecule has 1 aliphatic heterocycles. The second kappa shape index (κ2) is 7.21. The third-order valence-corrected chi connectivity index (χ3v) is 4.25. The topological polar surface area (TPSA) is 79.7 Å². The molecular formula is C18H19N7. The summed E-state index contributed by atoms with van der Waals surface area (Å²) in [7, 11) is 0. The number of aromatic nitrogens is 5. The summed E-state index contributed by atoms with van der Waals surface area (Å²) < 4.78 is 0. The SMILES string of the molecule is c1ccc(Nc2cncc([C@@H]3CCCN(c4ncccn4)C3)n2)nc1. The Morgan fingerprint density at radius 2 is 1.84 bits per heavy atom. The van der Waals surface area contributed by atoms with Crippen molar-refractivity contribution in [2.24, 2.45) is 0 Å². The molecule has 25 heavy (non-hydrogen) atoms. The van der Waals surface area contributed by atoms with Gasteiger partial charge in [0.15, 0.2) is 0 Å². The maximum absolute atomic E-state index is 4.74. The molecule has 4 rings (SSSR count). The van der Waals surface area contributed by atoms with Gasteiger partial charge in [-0.3, -0.25) is 4.98 Å². The van der Waals surface area contributed by atoms with E-state index in [1.165, 1.54) is 0 Å². The Bertz CT molecular complexity index is 810. The summed E-state index contributed by atoms with van der Waals surface area (Å²) in [4.78, 5) is 24.3. The highest BCUT2D eigenvalue weighted by atomic mass is 15.3. The van der Waals surface area contributed by atoms with Gasteiger partial charge in [-0.1, -0.05) is 6.07 Å². The van der Waals surface area contributed by atoms with E-state index in [1.807, 2.05) is 30.5 Å². The molecule has 1 aliphatic rings. The molecule has 0 unspecified atom stereocenters. The minimum atomic E-state index is 0.315. The van der Waals surface area contributed by atoms with Crippen LogP contribution in [0.1, 0.15) is 24.5 Å². The maximum Gasteiger partial charge on any atom is 0.225 e. The van der Waals surface area contributed by atoms with E-state index in [-0.39, 0.29) is 0 Å². The molecule has 0 spiro atoms. The summed E-state index contributed by atoms with van der Waals surface area (Å²) in [5.41, 5.74) is 0.988. The molecular weight excluding hydrogens is 314 g/mol. The second-order valence-corrected chi connectivity index (χ2v) is 6.00. The summed E-state index contributed by atoms with van der Waals surface area (Å²) in [6.45, 7) is 1.82. The molecule has 1 fully saturated rings. The smallest absolute Gasteiger partial charge is 0.225 e. The maximum atomic E-state index is 4.74. The van der Waals surface area contributed by atoms with Gasteiger partial charge in [0.1, 0.15) is 11.6 Å². The van der Waals surface area contributed by atoms with Crippen molar-refractivity contribution in [3.05, 3.63) is 60.9 Å². The van der Waals surface area contributed by atoms with Crippen molar-refractivity contribution in [1.82, 2.24) is 24.9 Å². The van der Waals surface area contributed by atoms with Crippen molar-refractivity contribution in [3.8, 4) is 0 Å². The predicted octanol–water partition coefficient (Wildman–Crippen LogP) is 2.79. The highest BCUT2D eigenvalue weighted by Crippen LogP contribution is 2.27. The van der Waals surface area contributed by atoms with Gasteiger partial charge in [-0.25, -0.2) is 19.9 Å². The van der Waals surface area contributed by atoms with Gasteiger partial charge < -0.3 is 10.2 Å². The fraction of sp³-hybridized carbons (Fsp3) is 0.278. The summed E-state index contributed by atoms with van der Waals surface area (Å²) in [5, 5.41) is 3.20. The summed E-state index contributed by atoms with van der Waals surface area (Å²) >= 11 is 0. The molecule has 0 amide bonds. The number of hydrogen-bond acceptors (Lipinski definition) is 7. The molecule has 1 atom stereocenters. The van der Waals surface area contributed by atoms with Crippen molar-refractivity contribution in [3.63, 3.8) is 0 Å². The summed E-state index contributed by atoms with van der Waals surface area (Å²) in [6.07, 6.45) is 11.1. The number of pyridine rings is 1. The average molecular weight is 333 g/mol. The molecule has 7 heteroatoms. The van der Waals surface area contributed by atoms with Crippen LogP contribution in [-0.2, 0) is 0 Å². The van der Waals surface area contributed by atoms with E-state index in [2.05, 4.69) is 30.2 Å². The molecule has 0 saturated carbocycles. The second-order valence-electron chi connectivity index (χ2n) is 6.00. The van der Waals surface area contributed by atoms with Crippen molar-refractivity contribution < 1.29 is 0 Å². The molecule has 1 N–H and O–H groups in total. The van der Waals surface area contributed by atoms with Gasteiger partial charge in [0.05, 0.1) is 11.9 Å². The van der Waals surface area contributed by atoms with Crippen LogP contribution in [0.4, 0.5) is 17.6 Å². The van der Waals surface area contributed by atoms with Crippen LogP contribution in [0.25, 0.3) is 0 Å². The lowest BCUT2D eigenvalue weighted by molar-refractivity contribution is 0.494. The first kappa shape index (κ1) is 15.4. The first-order valence-corrected chi connectivity index (χ1v) is 8.40. The van der Waals surface area contributed by atoms with Gasteiger partial charge in [0, 0.05) is 43.8 Å². The van der Waals surface area contributed by atoms with Crippen LogP contribution >= 0.6 is 0 Å². The fourth-order valence-electron chi connectivity index (χ4n) is 3.06. The zero-order valence-electron chi connectivity index (χ0n) is 13.8. The van der Waals surface area contributed by atoms with Gasteiger partial charge >= 0.3 is 0 Å². The van der Waals surface area contributed by atoms with Gasteiger partial charge in [0.25, 0.3) is 0 Å². The molecule has 0 bridgehead atoms. The largest absolute Gasteiger partial charge is 0.340 e. The van der Waals surface area contributed by atoms with Crippen LogP contribution in [-0.4, -0.2) is 38.0 Å². The minimum Gasteiger partial charge on any atom is -0.340 e. The number of hydrogen-bond donors (Lipinski definition) is 1. The Kier molecular flexibility index (Phi) is 4.45. The molecule has 0 radical (unpaired) electrons. The van der Waals surface area contributed by atoms with Crippen LogP contribution in [0.2, 0.25) is 0 Å². The van der Waals surface area contributed by atoms with Crippen LogP contribution in [0.5, 0.6) is 0 Å². The van der Waals surface area contributed by atoms with E-state index in [1.54, 1.807) is 24.8 Å². The highest BCUT2D eigenvalue weighted by Gasteiger charge is 2.24. The molecule has 126 valence electrons. The van der Waals surface area contributed by atoms with Crippen LogP contribution in [0.15, 0.2) is 55.2 Å². The highest BCUT2D eigenvalue weighted by molar-refractivity contribution is 5.50. The first-order chi connectivity index (χ1) is 12.4. The zero-order valence-corrected chi connectivity index (χ0v) is 13.8. The van der Waals surface area contributed by atoms with Crippen LogP contribution in [0, 0.1) is 0 Å². The zero-order chi connectivity index (χ0) is 16.9. The molecule has 4 heterocycles. The van der Waals surface area contributed by atoms with Crippen LogP contribution in [0.3, 0.4) is 0 Å². The number of anilines is 3. The van der Waals surface area contributed by atoms with E-state index < -0.39 is 0 Å². The van der Waals surface area contributed by atoms with E-state index in [0.29, 0.717) is 11.7 Å². The predicted molar refractivity (Wildman–Crippen MR) is 95.8 cm³/mol. The van der Waals surface area contributed by atoms with Crippen molar-refractivity contribution in [2.75, 3.05) is 23.3 Å². The van der Waals surface area contributed by atoms with E-state index >= 15 is 0 Å². The van der Waals surface area contributed by atoms with E-state index in [9.17, 15) is 0 Å². The molecule has 1 saturated heterocycles. The van der Waals surface area contributed by atoms with Crippen molar-refractivity contribution >= 4 is 17.6 Å². The number of nitrogens with one attached hydrogen (secondary N) is 1. The lowest BCUT2D eigenvalue weighted by Crippen LogP contribution is -2.35. The molecule has 3 aromatic heterocycles. The number of nitrogens with zero attached hydrogens (tertiary/aromatic N) is 6. The van der Waals surface area contributed by atoms with Crippen molar-refractivity contribution in [2.45, 2.75) is 18.8 Å². The summed E-state index contributed by atoms with van der Waals surface area (Å²) in [6, 6.07) is 7.56. The molecule has 0 aliphatic carbocycles. The first-order valence-electron chi connectivity index (χ1n) is 8.40. The van der Waals surface area contributed by atoms with Gasteiger partial charge in [0.2, 0.25) is 5.95 Å². The average Bonchev–Trinajstić information content (AvgIpc) is 2.70. The minimum absolute atomic E-state index is 0.315. The Morgan fingerprint density at radius 1 is 0.960 bits per heavy atom. The van der Waals surface area contributed by atoms with Gasteiger partial charge in [-0.05, 0) is 31.0 Å². The molecule has 7 nitrogen and oxygen atoms in total. The number of rotatable bonds is 4. The molecule has 3 aromatic rings. The lowest BCUT2D eigenvalue weighted by Gasteiger charge is -2.32. The van der Waals surface area contributed by atoms with Gasteiger partial charge in [-0.15, -0.1) is 0 Å². The Hall–Kier alpha value is -3.09. The normalized spacial score (nSPS) is 17.3. The Morgan fingerprint density at radius 3 is 2.68 bits per heavy atom. The fourth-order valence-corrected chi connectivity index (χ4v) is 3.06. The quantitative estimate of drug-likeness (QED) is 0.786.